The summed E-state index contributed by atoms with van der Waals surface area (Å²) in [5.74, 6) is 1.07. The monoisotopic (exact) mass is 239 g/mol. The fourth-order valence-corrected chi connectivity index (χ4v) is 2.21. The highest BCUT2D eigenvalue weighted by Crippen LogP contribution is 2.13. The molecule has 0 saturated heterocycles. The van der Waals surface area contributed by atoms with Gasteiger partial charge >= 0.3 is 5.97 Å². The van der Waals surface area contributed by atoms with E-state index >= 15 is 0 Å². The molecule has 0 aliphatic rings. The van der Waals surface area contributed by atoms with Crippen molar-refractivity contribution in [3.05, 3.63) is 35.4 Å². The van der Waals surface area contributed by atoms with E-state index < -0.39 is 5.97 Å². The Morgan fingerprint density at radius 3 is 2.44 bits per heavy atom. The summed E-state index contributed by atoms with van der Waals surface area (Å²) in [5.41, 5.74) is 7.70. The average molecular weight is 239 g/mol. The van der Waals surface area contributed by atoms with Crippen molar-refractivity contribution < 1.29 is 9.90 Å². The van der Waals surface area contributed by atoms with Crippen molar-refractivity contribution in [2.75, 3.05) is 5.75 Å². The molecule has 1 aromatic carbocycles. The van der Waals surface area contributed by atoms with E-state index in [9.17, 15) is 4.79 Å². The molecule has 1 unspecified atom stereocenters. The third-order valence-electron chi connectivity index (χ3n) is 2.03. The van der Waals surface area contributed by atoms with Crippen LogP contribution in [0.5, 0.6) is 0 Å². The predicted octanol–water partition coefficient (Wildman–Crippen LogP) is 1.89. The minimum atomic E-state index is -0.793. The minimum absolute atomic E-state index is 0.0905. The summed E-state index contributed by atoms with van der Waals surface area (Å²) in [6, 6.07) is 7.92. The Kier molecular flexibility index (Phi) is 5.35. The molecule has 1 atom stereocenters. The first-order valence-electron chi connectivity index (χ1n) is 5.21. The van der Waals surface area contributed by atoms with Crippen molar-refractivity contribution in [1.82, 2.24) is 0 Å². The third kappa shape index (κ3) is 5.19. The standard InChI is InChI=1S/C12H17NO2S/c1-9(13)7-16-8-11-4-2-10(3-5-11)6-12(14)15/h2-5,9H,6-8,13H2,1H3,(H,14,15). The van der Waals surface area contributed by atoms with E-state index in [1.807, 2.05) is 31.2 Å². The zero-order chi connectivity index (χ0) is 12.0. The van der Waals surface area contributed by atoms with Crippen LogP contribution < -0.4 is 5.73 Å². The number of hydrogen-bond acceptors (Lipinski definition) is 3. The first-order chi connectivity index (χ1) is 7.58. The molecule has 3 nitrogen and oxygen atoms in total. The van der Waals surface area contributed by atoms with Gasteiger partial charge < -0.3 is 10.8 Å². The average Bonchev–Trinajstić information content (AvgIpc) is 2.19. The van der Waals surface area contributed by atoms with Crippen LogP contribution in [0.15, 0.2) is 24.3 Å². The number of hydrogen-bond donors (Lipinski definition) is 2. The molecule has 0 saturated carbocycles. The fourth-order valence-electron chi connectivity index (χ4n) is 1.29. The number of rotatable bonds is 6. The third-order valence-corrected chi connectivity index (χ3v) is 3.33. The molecule has 0 bridgehead atoms. The second-order valence-corrected chi connectivity index (χ2v) is 4.91. The highest BCUT2D eigenvalue weighted by Gasteiger charge is 2.01. The molecule has 0 aromatic heterocycles. The molecule has 0 fully saturated rings. The van der Waals surface area contributed by atoms with Gasteiger partial charge in [-0.15, -0.1) is 0 Å². The molecule has 1 rings (SSSR count). The van der Waals surface area contributed by atoms with Crippen LogP contribution in [0.2, 0.25) is 0 Å². The predicted molar refractivity (Wildman–Crippen MR) is 67.6 cm³/mol. The van der Waals surface area contributed by atoms with Gasteiger partial charge in [-0.2, -0.15) is 11.8 Å². The lowest BCUT2D eigenvalue weighted by atomic mass is 10.1. The van der Waals surface area contributed by atoms with Gasteiger partial charge in [0.2, 0.25) is 0 Å². The fraction of sp³-hybridized carbons (Fsp3) is 0.417. The van der Waals surface area contributed by atoms with E-state index in [0.29, 0.717) is 0 Å². The Morgan fingerprint density at radius 2 is 1.94 bits per heavy atom. The number of benzene rings is 1. The normalized spacial score (nSPS) is 12.4. The van der Waals surface area contributed by atoms with E-state index in [2.05, 4.69) is 0 Å². The van der Waals surface area contributed by atoms with Gasteiger partial charge in [0.15, 0.2) is 0 Å². The molecular weight excluding hydrogens is 222 g/mol. The van der Waals surface area contributed by atoms with Crippen LogP contribution >= 0.6 is 11.8 Å². The van der Waals surface area contributed by atoms with Gasteiger partial charge in [-0.3, -0.25) is 4.79 Å². The largest absolute Gasteiger partial charge is 0.481 e. The lowest BCUT2D eigenvalue weighted by Crippen LogP contribution is -2.17. The van der Waals surface area contributed by atoms with Gasteiger partial charge in [0, 0.05) is 17.5 Å². The van der Waals surface area contributed by atoms with Crippen LogP contribution in [0.25, 0.3) is 0 Å². The lowest BCUT2D eigenvalue weighted by molar-refractivity contribution is -0.136. The second kappa shape index (κ2) is 6.55. The highest BCUT2D eigenvalue weighted by atomic mass is 32.2. The first-order valence-corrected chi connectivity index (χ1v) is 6.36. The van der Waals surface area contributed by atoms with Crippen LogP contribution in [-0.4, -0.2) is 22.9 Å². The Hall–Kier alpha value is -1.00. The number of carboxylic acid groups (broad SMARTS) is 1. The molecule has 88 valence electrons. The van der Waals surface area contributed by atoms with Gasteiger partial charge in [0.1, 0.15) is 0 Å². The Bertz CT molecular complexity index is 335. The van der Waals surface area contributed by atoms with Gasteiger partial charge in [0.05, 0.1) is 6.42 Å². The van der Waals surface area contributed by atoms with Crippen molar-refractivity contribution in [3.63, 3.8) is 0 Å². The summed E-state index contributed by atoms with van der Waals surface area (Å²) in [4.78, 5) is 10.5. The minimum Gasteiger partial charge on any atom is -0.481 e. The molecule has 0 heterocycles. The van der Waals surface area contributed by atoms with Crippen LogP contribution in [0, 0.1) is 0 Å². The second-order valence-electron chi connectivity index (χ2n) is 3.88. The van der Waals surface area contributed by atoms with Crippen LogP contribution in [0.1, 0.15) is 18.1 Å². The molecular formula is C12H17NO2S. The van der Waals surface area contributed by atoms with Crippen molar-refractivity contribution in [1.29, 1.82) is 0 Å². The van der Waals surface area contributed by atoms with E-state index in [1.54, 1.807) is 11.8 Å². The van der Waals surface area contributed by atoms with Crippen molar-refractivity contribution in [2.24, 2.45) is 5.73 Å². The molecule has 1 aromatic rings. The number of aliphatic carboxylic acids is 1. The topological polar surface area (TPSA) is 63.3 Å². The van der Waals surface area contributed by atoms with E-state index in [-0.39, 0.29) is 12.5 Å². The van der Waals surface area contributed by atoms with Crippen molar-refractivity contribution >= 4 is 17.7 Å². The Balaban J connectivity index is 2.42. The van der Waals surface area contributed by atoms with Crippen LogP contribution in [-0.2, 0) is 17.0 Å². The van der Waals surface area contributed by atoms with Crippen LogP contribution in [0.3, 0.4) is 0 Å². The molecule has 0 aliphatic carbocycles. The van der Waals surface area contributed by atoms with E-state index in [4.69, 9.17) is 10.8 Å². The highest BCUT2D eigenvalue weighted by molar-refractivity contribution is 7.98. The molecule has 4 heteroatoms. The van der Waals surface area contributed by atoms with Gasteiger partial charge in [-0.25, -0.2) is 0 Å². The number of carbonyl (C=O) groups is 1. The Labute approximate surface area is 100 Å². The first kappa shape index (κ1) is 13.1. The summed E-state index contributed by atoms with van der Waals surface area (Å²) >= 11 is 1.79. The summed E-state index contributed by atoms with van der Waals surface area (Å²) in [5, 5.41) is 8.62. The molecule has 0 spiro atoms. The summed E-state index contributed by atoms with van der Waals surface area (Å²) in [7, 11) is 0. The van der Waals surface area contributed by atoms with E-state index in [1.165, 1.54) is 5.56 Å². The zero-order valence-corrected chi connectivity index (χ0v) is 10.2. The lowest BCUT2D eigenvalue weighted by Gasteiger charge is -2.05. The number of thioether (sulfide) groups is 1. The van der Waals surface area contributed by atoms with E-state index in [0.717, 1.165) is 17.1 Å². The molecule has 0 aliphatic heterocycles. The van der Waals surface area contributed by atoms with Gasteiger partial charge in [-0.05, 0) is 18.1 Å². The molecule has 0 radical (unpaired) electrons. The maximum Gasteiger partial charge on any atom is 0.307 e. The summed E-state index contributed by atoms with van der Waals surface area (Å²) in [6.45, 7) is 1.99. The quantitative estimate of drug-likeness (QED) is 0.795. The molecule has 16 heavy (non-hydrogen) atoms. The van der Waals surface area contributed by atoms with Gasteiger partial charge in [-0.1, -0.05) is 24.3 Å². The molecule has 0 amide bonds. The summed E-state index contributed by atoms with van der Waals surface area (Å²) in [6.07, 6.45) is 0.0905. The van der Waals surface area contributed by atoms with Gasteiger partial charge in [0.25, 0.3) is 0 Å². The maximum absolute atomic E-state index is 10.5. The smallest absolute Gasteiger partial charge is 0.307 e. The van der Waals surface area contributed by atoms with Crippen molar-refractivity contribution in [2.45, 2.75) is 25.1 Å². The number of carboxylic acids is 1. The van der Waals surface area contributed by atoms with Crippen LogP contribution in [0.4, 0.5) is 0 Å². The summed E-state index contributed by atoms with van der Waals surface area (Å²) < 4.78 is 0. The Morgan fingerprint density at radius 1 is 1.38 bits per heavy atom. The maximum atomic E-state index is 10.5. The zero-order valence-electron chi connectivity index (χ0n) is 9.35. The molecule has 3 N–H and O–H groups in total. The van der Waals surface area contributed by atoms with Crippen molar-refractivity contribution in [3.8, 4) is 0 Å². The SMILES string of the molecule is CC(N)CSCc1ccc(CC(=O)O)cc1. The number of nitrogens with two attached hydrogens (primary N) is 1.